The molecule has 0 aliphatic carbocycles. The SMILES string of the molecule is COc1ccc(Br)cc1/C=C(\C#N)S(C)(=O)=O. The minimum Gasteiger partial charge on any atom is -0.496 e. The van der Waals surface area contributed by atoms with E-state index in [1.54, 1.807) is 24.3 Å². The maximum Gasteiger partial charge on any atom is 0.185 e. The zero-order valence-corrected chi connectivity index (χ0v) is 11.7. The lowest BCUT2D eigenvalue weighted by Crippen LogP contribution is -1.99. The molecular formula is C11H10BrNO3S. The molecule has 0 unspecified atom stereocenters. The average Bonchev–Trinajstić information content (AvgIpc) is 2.24. The van der Waals surface area contributed by atoms with Crippen LogP contribution in [0.1, 0.15) is 5.56 Å². The number of methoxy groups -OCH3 is 1. The van der Waals surface area contributed by atoms with Gasteiger partial charge in [0, 0.05) is 16.3 Å². The first-order valence-corrected chi connectivity index (χ1v) is 7.22. The summed E-state index contributed by atoms with van der Waals surface area (Å²) in [7, 11) is -2.04. The fourth-order valence-electron chi connectivity index (χ4n) is 1.18. The molecule has 1 aromatic carbocycles. The molecule has 0 amide bonds. The van der Waals surface area contributed by atoms with E-state index in [1.165, 1.54) is 13.2 Å². The number of hydrogen-bond donors (Lipinski definition) is 0. The van der Waals surface area contributed by atoms with Gasteiger partial charge in [0.2, 0.25) is 0 Å². The van der Waals surface area contributed by atoms with E-state index in [-0.39, 0.29) is 4.91 Å². The minimum atomic E-state index is -3.52. The summed E-state index contributed by atoms with van der Waals surface area (Å²) in [5.74, 6) is 0.504. The van der Waals surface area contributed by atoms with Gasteiger partial charge >= 0.3 is 0 Å². The van der Waals surface area contributed by atoms with Crippen LogP contribution in [0.2, 0.25) is 0 Å². The standard InChI is InChI=1S/C11H10BrNO3S/c1-16-11-4-3-9(12)5-8(11)6-10(7-13)17(2,14)15/h3-6H,1-2H3/b10-6+. The van der Waals surface area contributed by atoms with Crippen LogP contribution in [0.3, 0.4) is 0 Å². The summed E-state index contributed by atoms with van der Waals surface area (Å²) in [6, 6.07) is 6.80. The molecule has 4 nitrogen and oxygen atoms in total. The molecular weight excluding hydrogens is 306 g/mol. The Morgan fingerprint density at radius 3 is 2.65 bits per heavy atom. The van der Waals surface area contributed by atoms with Crippen LogP contribution in [-0.4, -0.2) is 21.8 Å². The molecule has 1 aromatic rings. The molecule has 0 aromatic heterocycles. The van der Waals surface area contributed by atoms with Crippen molar-refractivity contribution in [1.82, 2.24) is 0 Å². The van der Waals surface area contributed by atoms with Gasteiger partial charge in [-0.15, -0.1) is 0 Å². The first-order valence-electron chi connectivity index (χ1n) is 4.54. The van der Waals surface area contributed by atoms with E-state index in [9.17, 15) is 8.42 Å². The predicted octanol–water partition coefficient (Wildman–Crippen LogP) is 2.37. The molecule has 0 heterocycles. The number of rotatable bonds is 3. The van der Waals surface area contributed by atoms with Gasteiger partial charge in [0.1, 0.15) is 16.7 Å². The van der Waals surface area contributed by atoms with Crippen molar-refractivity contribution in [3.63, 3.8) is 0 Å². The molecule has 0 fully saturated rings. The molecule has 0 saturated carbocycles. The second-order valence-corrected chi connectivity index (χ2v) is 6.18. The lowest BCUT2D eigenvalue weighted by Gasteiger charge is -2.05. The van der Waals surface area contributed by atoms with Crippen molar-refractivity contribution in [2.75, 3.05) is 13.4 Å². The molecule has 0 aliphatic heterocycles. The highest BCUT2D eigenvalue weighted by Crippen LogP contribution is 2.25. The Morgan fingerprint density at radius 2 is 2.18 bits per heavy atom. The van der Waals surface area contributed by atoms with Gasteiger partial charge in [-0.25, -0.2) is 8.42 Å². The number of benzene rings is 1. The van der Waals surface area contributed by atoms with Crippen molar-refractivity contribution in [2.45, 2.75) is 0 Å². The summed E-state index contributed by atoms with van der Waals surface area (Å²) in [6.07, 6.45) is 2.28. The van der Waals surface area contributed by atoms with Crippen LogP contribution in [0.4, 0.5) is 0 Å². The Morgan fingerprint density at radius 1 is 1.53 bits per heavy atom. The van der Waals surface area contributed by atoms with Crippen molar-refractivity contribution in [3.05, 3.63) is 33.1 Å². The zero-order chi connectivity index (χ0) is 13.1. The van der Waals surface area contributed by atoms with Crippen LogP contribution in [-0.2, 0) is 9.84 Å². The Labute approximate surface area is 109 Å². The third-order valence-electron chi connectivity index (χ3n) is 1.99. The van der Waals surface area contributed by atoms with Crippen molar-refractivity contribution in [3.8, 4) is 11.8 Å². The molecule has 90 valence electrons. The highest BCUT2D eigenvalue weighted by atomic mass is 79.9. The van der Waals surface area contributed by atoms with E-state index in [0.29, 0.717) is 11.3 Å². The van der Waals surface area contributed by atoms with Crippen LogP contribution in [0.15, 0.2) is 27.6 Å². The van der Waals surface area contributed by atoms with Crippen LogP contribution in [0, 0.1) is 11.3 Å². The maximum atomic E-state index is 11.3. The summed E-state index contributed by atoms with van der Waals surface area (Å²) in [5.41, 5.74) is 0.531. The van der Waals surface area contributed by atoms with Gasteiger partial charge < -0.3 is 4.74 Å². The third kappa shape index (κ3) is 3.58. The fraction of sp³-hybridized carbons (Fsp3) is 0.182. The number of nitrogens with zero attached hydrogens (tertiary/aromatic N) is 1. The Bertz CT molecular complexity index is 600. The third-order valence-corrected chi connectivity index (χ3v) is 3.49. The van der Waals surface area contributed by atoms with E-state index >= 15 is 0 Å². The molecule has 0 bridgehead atoms. The summed E-state index contributed by atoms with van der Waals surface area (Å²) < 4.78 is 28.5. The topological polar surface area (TPSA) is 67.2 Å². The molecule has 0 saturated heterocycles. The van der Waals surface area contributed by atoms with Crippen LogP contribution in [0.5, 0.6) is 5.75 Å². The van der Waals surface area contributed by atoms with Crippen LogP contribution in [0.25, 0.3) is 6.08 Å². The summed E-state index contributed by atoms with van der Waals surface area (Å²) in [5, 5.41) is 8.81. The molecule has 1 rings (SSSR count). The van der Waals surface area contributed by atoms with Gasteiger partial charge in [-0.3, -0.25) is 0 Å². The van der Waals surface area contributed by atoms with Gasteiger partial charge in [-0.2, -0.15) is 5.26 Å². The summed E-state index contributed by atoms with van der Waals surface area (Å²) in [4.78, 5) is -0.297. The van der Waals surface area contributed by atoms with Crippen molar-refractivity contribution >= 4 is 31.8 Å². The van der Waals surface area contributed by atoms with Gasteiger partial charge in [-0.05, 0) is 24.3 Å². The Kier molecular flexibility index (Phi) is 4.32. The lowest BCUT2D eigenvalue weighted by molar-refractivity contribution is 0.414. The van der Waals surface area contributed by atoms with Crippen molar-refractivity contribution in [1.29, 1.82) is 5.26 Å². The van der Waals surface area contributed by atoms with Gasteiger partial charge in [0.15, 0.2) is 9.84 Å². The number of nitriles is 1. The molecule has 0 atom stereocenters. The highest BCUT2D eigenvalue weighted by molar-refractivity contribution is 9.10. The fourth-order valence-corrected chi connectivity index (χ4v) is 2.07. The smallest absolute Gasteiger partial charge is 0.185 e. The first-order chi connectivity index (χ1) is 7.88. The van der Waals surface area contributed by atoms with E-state index in [4.69, 9.17) is 10.00 Å². The van der Waals surface area contributed by atoms with Crippen LogP contribution < -0.4 is 4.74 Å². The predicted molar refractivity (Wildman–Crippen MR) is 69.1 cm³/mol. The monoisotopic (exact) mass is 315 g/mol. The van der Waals surface area contributed by atoms with Crippen molar-refractivity contribution < 1.29 is 13.2 Å². The van der Waals surface area contributed by atoms with E-state index < -0.39 is 9.84 Å². The normalized spacial score (nSPS) is 12.0. The van der Waals surface area contributed by atoms with E-state index in [0.717, 1.165) is 10.7 Å². The Hall–Kier alpha value is -1.32. The Balaban J connectivity index is 3.40. The van der Waals surface area contributed by atoms with Gasteiger partial charge in [0.25, 0.3) is 0 Å². The molecule has 0 radical (unpaired) electrons. The average molecular weight is 316 g/mol. The lowest BCUT2D eigenvalue weighted by atomic mass is 10.2. The van der Waals surface area contributed by atoms with Gasteiger partial charge in [0.05, 0.1) is 7.11 Å². The quantitative estimate of drug-likeness (QED) is 0.803. The molecule has 6 heteroatoms. The van der Waals surface area contributed by atoms with E-state index in [2.05, 4.69) is 15.9 Å². The molecule has 17 heavy (non-hydrogen) atoms. The second-order valence-electron chi connectivity index (χ2n) is 3.28. The largest absolute Gasteiger partial charge is 0.496 e. The highest BCUT2D eigenvalue weighted by Gasteiger charge is 2.12. The van der Waals surface area contributed by atoms with Crippen molar-refractivity contribution in [2.24, 2.45) is 0 Å². The number of allylic oxidation sites excluding steroid dienone is 1. The summed E-state index contributed by atoms with van der Waals surface area (Å²) >= 11 is 3.27. The number of halogens is 1. The molecule has 0 N–H and O–H groups in total. The maximum absolute atomic E-state index is 11.3. The zero-order valence-electron chi connectivity index (χ0n) is 9.27. The first kappa shape index (κ1) is 13.7. The molecule has 0 aliphatic rings. The summed E-state index contributed by atoms with van der Waals surface area (Å²) in [6.45, 7) is 0. The van der Waals surface area contributed by atoms with E-state index in [1.807, 2.05) is 0 Å². The molecule has 0 spiro atoms. The number of sulfone groups is 1. The second kappa shape index (κ2) is 5.34. The number of hydrogen-bond acceptors (Lipinski definition) is 4. The van der Waals surface area contributed by atoms with Gasteiger partial charge in [-0.1, -0.05) is 15.9 Å². The van der Waals surface area contributed by atoms with Crippen LogP contribution >= 0.6 is 15.9 Å². The minimum absolute atomic E-state index is 0.297. The number of ether oxygens (including phenoxy) is 1.